The number of nitrogens with zero attached hydrogens (tertiary/aromatic N) is 3. The van der Waals surface area contributed by atoms with Crippen LogP contribution >= 0.6 is 11.6 Å². The molecule has 164 valence electrons. The number of benzene rings is 2. The van der Waals surface area contributed by atoms with Crippen LogP contribution in [0, 0.1) is 10.1 Å². The predicted molar refractivity (Wildman–Crippen MR) is 115 cm³/mol. The average molecular weight is 457 g/mol. The number of carbonyl (C=O) groups is 2. The molecule has 0 atom stereocenters. The number of halogens is 1. The summed E-state index contributed by atoms with van der Waals surface area (Å²) in [6, 6.07) is 15.5. The molecule has 0 radical (unpaired) electrons. The van der Waals surface area contributed by atoms with Gasteiger partial charge in [-0.3, -0.25) is 24.5 Å². The number of non-ortho nitro benzene ring substituents is 1. The van der Waals surface area contributed by atoms with Crippen LogP contribution in [0.2, 0.25) is 5.02 Å². The molecule has 0 spiro atoms. The maximum absolute atomic E-state index is 12.1. The number of rotatable bonds is 8. The highest BCUT2D eigenvalue weighted by molar-refractivity contribution is 6.34. The van der Waals surface area contributed by atoms with Crippen molar-refractivity contribution in [2.24, 2.45) is 0 Å². The van der Waals surface area contributed by atoms with Crippen molar-refractivity contribution in [2.45, 2.75) is 6.54 Å². The van der Waals surface area contributed by atoms with E-state index in [9.17, 15) is 24.5 Å². The molecule has 10 nitrogen and oxygen atoms in total. The van der Waals surface area contributed by atoms with Crippen LogP contribution < -0.4 is 10.9 Å². The van der Waals surface area contributed by atoms with Crippen LogP contribution in [0.15, 0.2) is 65.5 Å². The average Bonchev–Trinajstić information content (AvgIpc) is 2.78. The van der Waals surface area contributed by atoms with Gasteiger partial charge in [-0.15, -0.1) is 0 Å². The molecule has 0 saturated heterocycles. The van der Waals surface area contributed by atoms with E-state index in [1.165, 1.54) is 12.1 Å². The summed E-state index contributed by atoms with van der Waals surface area (Å²) in [6.07, 6.45) is 0. The van der Waals surface area contributed by atoms with Crippen molar-refractivity contribution in [2.75, 3.05) is 13.2 Å². The molecule has 1 aromatic heterocycles. The maximum atomic E-state index is 12.1. The van der Waals surface area contributed by atoms with E-state index in [0.29, 0.717) is 5.69 Å². The van der Waals surface area contributed by atoms with Gasteiger partial charge >= 0.3 is 5.97 Å². The normalized spacial score (nSPS) is 10.4. The zero-order chi connectivity index (χ0) is 23.1. The second-order valence-corrected chi connectivity index (χ2v) is 6.89. The van der Waals surface area contributed by atoms with Gasteiger partial charge in [0, 0.05) is 23.8 Å². The topological polar surface area (TPSA) is 133 Å². The Hall–Kier alpha value is -4.05. The van der Waals surface area contributed by atoms with Crippen LogP contribution in [0.3, 0.4) is 0 Å². The third kappa shape index (κ3) is 5.76. The molecule has 0 fully saturated rings. The Balaban J connectivity index is 1.51. The Bertz CT molecular complexity index is 1210. The standard InChI is InChI=1S/C21H17ClN4O6/c22-17-12-15(26(30)31)6-7-16(17)21(29)23-10-11-32-20(28)13-25-19(27)9-8-18(24-25)14-4-2-1-3-5-14/h1-9,12H,10-11,13H2,(H,23,29). The minimum Gasteiger partial charge on any atom is -0.462 e. The molecule has 0 saturated carbocycles. The van der Waals surface area contributed by atoms with Crippen LogP contribution in [0.4, 0.5) is 5.69 Å². The molecule has 3 aromatic rings. The van der Waals surface area contributed by atoms with Crippen LogP contribution in [0.25, 0.3) is 11.3 Å². The molecular formula is C21H17ClN4O6. The molecule has 1 amide bonds. The van der Waals surface area contributed by atoms with E-state index in [1.807, 2.05) is 30.3 Å². The zero-order valence-electron chi connectivity index (χ0n) is 16.6. The van der Waals surface area contributed by atoms with E-state index in [2.05, 4.69) is 10.4 Å². The molecule has 32 heavy (non-hydrogen) atoms. The minimum absolute atomic E-state index is 0.0235. The monoisotopic (exact) mass is 456 g/mol. The van der Waals surface area contributed by atoms with Gasteiger partial charge in [0.05, 0.1) is 27.7 Å². The molecule has 1 heterocycles. The second-order valence-electron chi connectivity index (χ2n) is 6.48. The van der Waals surface area contributed by atoms with Crippen molar-refractivity contribution in [3.05, 3.63) is 91.7 Å². The Morgan fingerprint density at radius 3 is 2.56 bits per heavy atom. The summed E-state index contributed by atoms with van der Waals surface area (Å²) in [5.41, 5.74) is 0.688. The van der Waals surface area contributed by atoms with Gasteiger partial charge < -0.3 is 10.1 Å². The van der Waals surface area contributed by atoms with Crippen molar-refractivity contribution in [1.82, 2.24) is 15.1 Å². The Morgan fingerprint density at radius 2 is 1.88 bits per heavy atom. The predicted octanol–water partition coefficient (Wildman–Crippen LogP) is 2.45. The van der Waals surface area contributed by atoms with E-state index < -0.39 is 22.4 Å². The summed E-state index contributed by atoms with van der Waals surface area (Å²) in [5.74, 6) is -1.28. The number of hydrogen-bond acceptors (Lipinski definition) is 7. The van der Waals surface area contributed by atoms with Gasteiger partial charge in [-0.2, -0.15) is 5.10 Å². The lowest BCUT2D eigenvalue weighted by atomic mass is 10.1. The molecule has 0 aliphatic rings. The van der Waals surface area contributed by atoms with Gasteiger partial charge in [-0.05, 0) is 12.1 Å². The number of nitro benzene ring substituents is 1. The Kier molecular flexibility index (Phi) is 7.29. The SMILES string of the molecule is O=C(Cn1nc(-c2ccccc2)ccc1=O)OCCNC(=O)c1ccc([N+](=O)[O-])cc1Cl. The molecule has 0 unspecified atom stereocenters. The smallest absolute Gasteiger partial charge is 0.327 e. The Labute approximate surface area is 186 Å². The van der Waals surface area contributed by atoms with E-state index in [1.54, 1.807) is 6.07 Å². The molecular weight excluding hydrogens is 440 g/mol. The fourth-order valence-corrected chi connectivity index (χ4v) is 2.98. The van der Waals surface area contributed by atoms with Crippen molar-refractivity contribution in [1.29, 1.82) is 0 Å². The fourth-order valence-electron chi connectivity index (χ4n) is 2.72. The maximum Gasteiger partial charge on any atom is 0.327 e. The number of hydrogen-bond donors (Lipinski definition) is 1. The quantitative estimate of drug-likeness (QED) is 0.238. The molecule has 0 aliphatic heterocycles. The van der Waals surface area contributed by atoms with E-state index in [4.69, 9.17) is 16.3 Å². The number of nitro groups is 1. The number of nitrogens with one attached hydrogen (secondary N) is 1. The van der Waals surface area contributed by atoms with E-state index in [0.717, 1.165) is 22.4 Å². The molecule has 0 aliphatic carbocycles. The first kappa shape index (κ1) is 22.6. The minimum atomic E-state index is -0.701. The summed E-state index contributed by atoms with van der Waals surface area (Å²) < 4.78 is 6.04. The van der Waals surface area contributed by atoms with Crippen LogP contribution in [-0.4, -0.2) is 39.7 Å². The molecule has 0 bridgehead atoms. The third-order valence-corrected chi connectivity index (χ3v) is 4.59. The molecule has 2 aromatic carbocycles. The van der Waals surface area contributed by atoms with Gasteiger partial charge in [-0.25, -0.2) is 4.68 Å². The molecule has 11 heteroatoms. The summed E-state index contributed by atoms with van der Waals surface area (Å²) in [5, 5.41) is 17.3. The number of ether oxygens (including phenoxy) is 1. The van der Waals surface area contributed by atoms with Gasteiger partial charge in [0.2, 0.25) is 0 Å². The van der Waals surface area contributed by atoms with Gasteiger partial charge in [0.15, 0.2) is 0 Å². The molecule has 3 rings (SSSR count). The van der Waals surface area contributed by atoms with Crippen molar-refractivity contribution in [3.8, 4) is 11.3 Å². The summed E-state index contributed by atoms with van der Waals surface area (Å²) in [4.78, 5) is 46.3. The number of aromatic nitrogens is 2. The fraction of sp³-hybridized carbons (Fsp3) is 0.143. The van der Waals surface area contributed by atoms with Crippen LogP contribution in [0.5, 0.6) is 0 Å². The van der Waals surface area contributed by atoms with E-state index in [-0.39, 0.29) is 36.0 Å². The summed E-state index contributed by atoms with van der Waals surface area (Å²) in [7, 11) is 0. The lowest BCUT2D eigenvalue weighted by molar-refractivity contribution is -0.384. The van der Waals surface area contributed by atoms with Gasteiger partial charge in [-0.1, -0.05) is 41.9 Å². The molecule has 1 N–H and O–H groups in total. The lowest BCUT2D eigenvalue weighted by Gasteiger charge is -2.09. The highest BCUT2D eigenvalue weighted by Gasteiger charge is 2.15. The first-order valence-corrected chi connectivity index (χ1v) is 9.74. The number of amides is 1. The first-order chi connectivity index (χ1) is 15.3. The largest absolute Gasteiger partial charge is 0.462 e. The third-order valence-electron chi connectivity index (χ3n) is 4.27. The van der Waals surface area contributed by atoms with Crippen LogP contribution in [-0.2, 0) is 16.1 Å². The summed E-state index contributed by atoms with van der Waals surface area (Å²) in [6.45, 7) is -0.561. The van der Waals surface area contributed by atoms with Crippen molar-refractivity contribution >= 4 is 29.2 Å². The zero-order valence-corrected chi connectivity index (χ0v) is 17.3. The first-order valence-electron chi connectivity index (χ1n) is 9.36. The highest BCUT2D eigenvalue weighted by Crippen LogP contribution is 2.22. The van der Waals surface area contributed by atoms with E-state index >= 15 is 0 Å². The lowest BCUT2D eigenvalue weighted by Crippen LogP contribution is -2.31. The van der Waals surface area contributed by atoms with Crippen molar-refractivity contribution in [3.63, 3.8) is 0 Å². The number of carbonyl (C=O) groups excluding carboxylic acids is 2. The van der Waals surface area contributed by atoms with Crippen molar-refractivity contribution < 1.29 is 19.2 Å². The number of esters is 1. The Morgan fingerprint density at radius 1 is 1.12 bits per heavy atom. The van der Waals surface area contributed by atoms with Crippen LogP contribution in [0.1, 0.15) is 10.4 Å². The van der Waals surface area contributed by atoms with Gasteiger partial charge in [0.1, 0.15) is 13.2 Å². The highest BCUT2D eigenvalue weighted by atomic mass is 35.5. The second kappa shape index (κ2) is 10.3. The van der Waals surface area contributed by atoms with Gasteiger partial charge in [0.25, 0.3) is 17.2 Å². The summed E-state index contributed by atoms with van der Waals surface area (Å²) >= 11 is 5.90.